The molecule has 0 unspecified atom stereocenters. The van der Waals surface area contributed by atoms with Gasteiger partial charge in [-0.25, -0.2) is 0 Å². The Hall–Kier alpha value is 0.230. The average Bonchev–Trinajstić information content (AvgIpc) is 2.22. The molecule has 100 valence electrons. The lowest BCUT2D eigenvalue weighted by molar-refractivity contribution is -0.130. The fraction of sp³-hybridized carbons (Fsp3) is 0.417. The first kappa shape index (κ1) is 16.3. The number of benzene rings is 1. The second-order valence-corrected chi connectivity index (χ2v) is 8.83. The van der Waals surface area contributed by atoms with Crippen molar-refractivity contribution >= 4 is 60.8 Å². The Labute approximate surface area is 133 Å². The van der Waals surface area contributed by atoms with Gasteiger partial charge in [0.25, 0.3) is 3.42 Å². The Morgan fingerprint density at radius 1 is 1.22 bits per heavy atom. The summed E-state index contributed by atoms with van der Waals surface area (Å²) in [5, 5.41) is 0.636. The normalized spacial score (nSPS) is 12.4. The molecule has 2 nitrogen and oxygen atoms in total. The number of rotatable bonds is 3. The molecule has 0 N–H and O–H groups in total. The molecule has 18 heavy (non-hydrogen) atoms. The first-order chi connectivity index (χ1) is 8.05. The molecule has 0 aliphatic carbocycles. The van der Waals surface area contributed by atoms with E-state index in [-0.39, 0.29) is 10.8 Å². The highest BCUT2D eigenvalue weighted by atomic mass is 79.9. The van der Waals surface area contributed by atoms with Crippen molar-refractivity contribution in [1.29, 1.82) is 0 Å². The molecule has 1 aromatic carbocycles. The van der Waals surface area contributed by atoms with Crippen molar-refractivity contribution in [3.63, 3.8) is 0 Å². The predicted octanol–water partition coefficient (Wildman–Crippen LogP) is 5.43. The number of carbonyl (C=O) groups excluding carboxylic acids is 1. The number of carbonyl (C=O) groups is 1. The number of hydrogen-bond donors (Lipinski definition) is 0. The summed E-state index contributed by atoms with van der Waals surface area (Å²) in [4.78, 5) is 12.2. The molecule has 0 heterocycles. The van der Waals surface area contributed by atoms with Gasteiger partial charge < -0.3 is 4.74 Å². The second kappa shape index (κ2) is 5.70. The Bertz CT molecular complexity index is 468. The Morgan fingerprint density at radius 3 is 2.28 bits per heavy atom. The standard InChI is InChI=1S/C12H12Br2Cl2O2/c1-11(2,3)10(17)12(13,14)18-8-6-4-5-7(15)9(8)16/h4-6H,1-3H3. The van der Waals surface area contributed by atoms with Crippen molar-refractivity contribution in [1.82, 2.24) is 0 Å². The van der Waals surface area contributed by atoms with Gasteiger partial charge in [0.05, 0.1) is 5.02 Å². The van der Waals surface area contributed by atoms with E-state index < -0.39 is 8.83 Å². The summed E-state index contributed by atoms with van der Waals surface area (Å²) in [6, 6.07) is 4.98. The van der Waals surface area contributed by atoms with Crippen LogP contribution in [0.1, 0.15) is 20.8 Å². The maximum absolute atomic E-state index is 12.2. The number of alkyl halides is 2. The van der Waals surface area contributed by atoms with Crippen LogP contribution in [0.25, 0.3) is 0 Å². The van der Waals surface area contributed by atoms with Crippen LogP contribution >= 0.6 is 55.1 Å². The molecule has 0 fully saturated rings. The lowest BCUT2D eigenvalue weighted by atomic mass is 9.91. The van der Waals surface area contributed by atoms with Gasteiger partial charge in [0.15, 0.2) is 0 Å². The fourth-order valence-corrected chi connectivity index (χ4v) is 3.05. The highest BCUT2D eigenvalue weighted by Crippen LogP contribution is 2.41. The van der Waals surface area contributed by atoms with Gasteiger partial charge >= 0.3 is 0 Å². The lowest BCUT2D eigenvalue weighted by Crippen LogP contribution is -2.40. The average molecular weight is 419 g/mol. The highest BCUT2D eigenvalue weighted by Gasteiger charge is 2.42. The molecular formula is C12H12Br2Cl2O2. The maximum Gasteiger partial charge on any atom is 0.276 e. The summed E-state index contributed by atoms with van der Waals surface area (Å²) < 4.78 is 4.24. The van der Waals surface area contributed by atoms with Crippen molar-refractivity contribution in [2.75, 3.05) is 0 Å². The Kier molecular flexibility index (Phi) is 5.15. The summed E-state index contributed by atoms with van der Waals surface area (Å²) in [5.41, 5.74) is -0.571. The molecule has 0 saturated carbocycles. The quantitative estimate of drug-likeness (QED) is 0.611. The first-order valence-electron chi connectivity index (χ1n) is 5.11. The largest absolute Gasteiger partial charge is 0.457 e. The van der Waals surface area contributed by atoms with Crippen LogP contribution < -0.4 is 4.74 Å². The van der Waals surface area contributed by atoms with Gasteiger partial charge in [0.2, 0.25) is 5.78 Å². The van der Waals surface area contributed by atoms with E-state index in [1.54, 1.807) is 39.0 Å². The minimum atomic E-state index is -1.33. The van der Waals surface area contributed by atoms with Crippen molar-refractivity contribution in [3.8, 4) is 5.75 Å². The molecule has 0 saturated heterocycles. The zero-order valence-electron chi connectivity index (χ0n) is 10.1. The summed E-state index contributed by atoms with van der Waals surface area (Å²) in [7, 11) is 0. The Morgan fingerprint density at radius 2 is 1.78 bits per heavy atom. The molecule has 0 radical (unpaired) electrons. The third-order valence-corrected chi connectivity index (χ3v) is 3.95. The van der Waals surface area contributed by atoms with Crippen molar-refractivity contribution < 1.29 is 9.53 Å². The van der Waals surface area contributed by atoms with E-state index in [0.717, 1.165) is 0 Å². The fourth-order valence-electron chi connectivity index (χ4n) is 1.18. The van der Waals surface area contributed by atoms with Gasteiger partial charge in [0, 0.05) is 5.41 Å². The SMILES string of the molecule is CC(C)(C)C(=O)C(Br)(Br)Oc1cccc(Cl)c1Cl. The van der Waals surface area contributed by atoms with Gasteiger partial charge in [-0.05, 0) is 44.0 Å². The molecule has 0 aliphatic heterocycles. The van der Waals surface area contributed by atoms with Crippen LogP contribution in [0.5, 0.6) is 5.75 Å². The van der Waals surface area contributed by atoms with Crippen LogP contribution in [0.2, 0.25) is 10.0 Å². The van der Waals surface area contributed by atoms with Crippen LogP contribution in [0, 0.1) is 5.41 Å². The number of Topliss-reactive ketones (excluding diaryl/α,β-unsaturated/α-hetero) is 1. The van der Waals surface area contributed by atoms with Gasteiger partial charge in [0.1, 0.15) is 10.8 Å². The highest BCUT2D eigenvalue weighted by molar-refractivity contribution is 9.25. The molecule has 0 amide bonds. The monoisotopic (exact) mass is 416 g/mol. The van der Waals surface area contributed by atoms with Crippen molar-refractivity contribution in [3.05, 3.63) is 28.2 Å². The van der Waals surface area contributed by atoms with Crippen LogP contribution in [0.3, 0.4) is 0 Å². The van der Waals surface area contributed by atoms with E-state index in [9.17, 15) is 4.79 Å². The number of ether oxygens (including phenoxy) is 1. The first-order valence-corrected chi connectivity index (χ1v) is 7.45. The van der Waals surface area contributed by atoms with E-state index in [0.29, 0.717) is 10.8 Å². The molecule has 0 aromatic heterocycles. The van der Waals surface area contributed by atoms with Gasteiger partial charge in [-0.15, -0.1) is 0 Å². The molecular weight excluding hydrogens is 407 g/mol. The van der Waals surface area contributed by atoms with Crippen molar-refractivity contribution in [2.45, 2.75) is 24.2 Å². The molecule has 0 aliphatic rings. The van der Waals surface area contributed by atoms with E-state index in [1.807, 2.05) is 0 Å². The zero-order valence-corrected chi connectivity index (χ0v) is 14.7. The minimum Gasteiger partial charge on any atom is -0.457 e. The number of halogens is 4. The molecule has 0 atom stereocenters. The minimum absolute atomic E-state index is 0.161. The maximum atomic E-state index is 12.2. The second-order valence-electron chi connectivity index (χ2n) is 4.75. The van der Waals surface area contributed by atoms with Gasteiger partial charge in [-0.1, -0.05) is 50.0 Å². The van der Waals surface area contributed by atoms with E-state index >= 15 is 0 Å². The van der Waals surface area contributed by atoms with E-state index in [4.69, 9.17) is 27.9 Å². The Balaban J connectivity index is 3.03. The molecule has 1 aromatic rings. The third kappa shape index (κ3) is 3.86. The summed E-state index contributed by atoms with van der Waals surface area (Å²) in [6.45, 7) is 5.40. The van der Waals surface area contributed by atoms with E-state index in [2.05, 4.69) is 31.9 Å². The van der Waals surface area contributed by atoms with Gasteiger partial charge in [-0.2, -0.15) is 0 Å². The molecule has 1 rings (SSSR count). The topological polar surface area (TPSA) is 26.3 Å². The van der Waals surface area contributed by atoms with Crippen molar-refractivity contribution in [2.24, 2.45) is 5.41 Å². The van der Waals surface area contributed by atoms with Gasteiger partial charge in [-0.3, -0.25) is 4.79 Å². The summed E-state index contributed by atoms with van der Waals surface area (Å²) >= 11 is 18.3. The third-order valence-electron chi connectivity index (χ3n) is 2.10. The number of ketones is 1. The van der Waals surface area contributed by atoms with E-state index in [1.165, 1.54) is 0 Å². The number of hydrogen-bond acceptors (Lipinski definition) is 2. The van der Waals surface area contributed by atoms with Crippen LogP contribution in [-0.2, 0) is 4.79 Å². The lowest BCUT2D eigenvalue weighted by Gasteiger charge is -2.28. The van der Waals surface area contributed by atoms with Crippen LogP contribution in [0.15, 0.2) is 18.2 Å². The molecule has 0 bridgehead atoms. The molecule has 6 heteroatoms. The molecule has 0 spiro atoms. The van der Waals surface area contributed by atoms with Crippen LogP contribution in [0.4, 0.5) is 0 Å². The zero-order chi connectivity index (χ0) is 14.1. The smallest absolute Gasteiger partial charge is 0.276 e. The van der Waals surface area contributed by atoms with Crippen LogP contribution in [-0.4, -0.2) is 9.20 Å². The predicted molar refractivity (Wildman–Crippen MR) is 82.1 cm³/mol. The summed E-state index contributed by atoms with van der Waals surface area (Å²) in [6.07, 6.45) is 0. The summed E-state index contributed by atoms with van der Waals surface area (Å²) in [5.74, 6) is 0.168.